The van der Waals surface area contributed by atoms with Crippen LogP contribution in [0.5, 0.6) is 0 Å². The van der Waals surface area contributed by atoms with Crippen molar-refractivity contribution >= 4 is 0 Å². The van der Waals surface area contributed by atoms with Crippen LogP contribution >= 0.6 is 0 Å². The third kappa shape index (κ3) is 6.39. The van der Waals surface area contributed by atoms with Gasteiger partial charge in [-0.1, -0.05) is 20.3 Å². The molecule has 0 heterocycles. The summed E-state index contributed by atoms with van der Waals surface area (Å²) >= 11 is 0. The molecule has 0 rings (SSSR count). The van der Waals surface area contributed by atoms with E-state index in [4.69, 9.17) is 0 Å². The minimum Gasteiger partial charge on any atom is -0.313 e. The van der Waals surface area contributed by atoms with Crippen molar-refractivity contribution in [1.29, 1.82) is 0 Å². The van der Waals surface area contributed by atoms with Gasteiger partial charge >= 0.3 is 0 Å². The molecule has 0 saturated heterocycles. The van der Waals surface area contributed by atoms with Gasteiger partial charge in [0.05, 0.1) is 0 Å². The van der Waals surface area contributed by atoms with E-state index in [0.717, 1.165) is 19.1 Å². The smallest absolute Gasteiger partial charge is 0.0107 e. The van der Waals surface area contributed by atoms with Gasteiger partial charge < -0.3 is 10.2 Å². The lowest BCUT2D eigenvalue weighted by Gasteiger charge is -2.25. The zero-order chi connectivity index (χ0) is 11.0. The summed E-state index contributed by atoms with van der Waals surface area (Å²) < 4.78 is 0. The van der Waals surface area contributed by atoms with E-state index < -0.39 is 0 Å². The van der Waals surface area contributed by atoms with Gasteiger partial charge in [-0.3, -0.25) is 0 Å². The van der Waals surface area contributed by atoms with Gasteiger partial charge in [0.1, 0.15) is 0 Å². The second kappa shape index (κ2) is 8.25. The number of nitrogens with zero attached hydrogens (tertiary/aromatic N) is 1. The molecule has 2 heteroatoms. The first-order valence-electron chi connectivity index (χ1n) is 6.05. The van der Waals surface area contributed by atoms with Crippen molar-refractivity contribution in [2.75, 3.05) is 20.1 Å². The van der Waals surface area contributed by atoms with E-state index in [9.17, 15) is 0 Å². The van der Waals surface area contributed by atoms with Crippen LogP contribution in [-0.4, -0.2) is 37.1 Å². The van der Waals surface area contributed by atoms with E-state index in [1.54, 1.807) is 0 Å². The van der Waals surface area contributed by atoms with Crippen LogP contribution in [0.4, 0.5) is 0 Å². The highest BCUT2D eigenvalue weighted by Gasteiger charge is 2.07. The molecule has 0 saturated carbocycles. The molecule has 0 aliphatic carbocycles. The Balaban J connectivity index is 3.47. The Labute approximate surface area is 90.1 Å². The normalized spacial score (nSPS) is 15.9. The Bertz CT molecular complexity index is 125. The van der Waals surface area contributed by atoms with Gasteiger partial charge in [-0.25, -0.2) is 0 Å². The lowest BCUT2D eigenvalue weighted by atomic mass is 10.2. The molecule has 0 bridgehead atoms. The topological polar surface area (TPSA) is 15.3 Å². The predicted molar refractivity (Wildman–Crippen MR) is 64.8 cm³/mol. The summed E-state index contributed by atoms with van der Waals surface area (Å²) in [4.78, 5) is 2.44. The Morgan fingerprint density at radius 3 is 2.36 bits per heavy atom. The standard InChI is InChI=1S/C12H28N2/c1-6-8-12(4)14(5)10-9-13-11(3)7-2/h11-13H,6-10H2,1-5H3. The van der Waals surface area contributed by atoms with Crippen LogP contribution in [0.15, 0.2) is 0 Å². The number of rotatable bonds is 8. The molecule has 0 spiro atoms. The number of hydrogen-bond acceptors (Lipinski definition) is 2. The molecule has 1 N–H and O–H groups in total. The van der Waals surface area contributed by atoms with E-state index >= 15 is 0 Å². The molecule has 0 radical (unpaired) electrons. The average molecular weight is 200 g/mol. The summed E-state index contributed by atoms with van der Waals surface area (Å²) in [5, 5.41) is 3.52. The number of likely N-dealkylation sites (N-methyl/N-ethyl adjacent to an activating group) is 1. The lowest BCUT2D eigenvalue weighted by Crippen LogP contribution is -2.37. The highest BCUT2D eigenvalue weighted by molar-refractivity contribution is 4.65. The van der Waals surface area contributed by atoms with E-state index in [2.05, 4.69) is 45.0 Å². The highest BCUT2D eigenvalue weighted by Crippen LogP contribution is 2.02. The van der Waals surface area contributed by atoms with Crippen LogP contribution in [-0.2, 0) is 0 Å². The van der Waals surface area contributed by atoms with Gasteiger partial charge in [0, 0.05) is 25.2 Å². The quantitative estimate of drug-likeness (QED) is 0.647. The van der Waals surface area contributed by atoms with Gasteiger partial charge in [-0.05, 0) is 33.7 Å². The fourth-order valence-corrected chi connectivity index (χ4v) is 1.49. The summed E-state index contributed by atoms with van der Waals surface area (Å²) in [6.45, 7) is 11.3. The second-order valence-electron chi connectivity index (χ2n) is 4.38. The van der Waals surface area contributed by atoms with Crippen molar-refractivity contribution in [2.45, 2.75) is 59.0 Å². The molecule has 14 heavy (non-hydrogen) atoms. The fraction of sp³-hybridized carbons (Fsp3) is 1.00. The fourth-order valence-electron chi connectivity index (χ4n) is 1.49. The molecule has 0 aromatic carbocycles. The van der Waals surface area contributed by atoms with E-state index in [-0.39, 0.29) is 0 Å². The van der Waals surface area contributed by atoms with Crippen molar-refractivity contribution in [3.05, 3.63) is 0 Å². The maximum absolute atomic E-state index is 3.52. The van der Waals surface area contributed by atoms with Gasteiger partial charge in [0.15, 0.2) is 0 Å². The molecular weight excluding hydrogens is 172 g/mol. The molecule has 0 aliphatic rings. The van der Waals surface area contributed by atoms with E-state index in [1.165, 1.54) is 19.3 Å². The Morgan fingerprint density at radius 1 is 1.21 bits per heavy atom. The molecule has 0 aliphatic heterocycles. The van der Waals surface area contributed by atoms with Crippen LogP contribution < -0.4 is 5.32 Å². The molecule has 0 fully saturated rings. The van der Waals surface area contributed by atoms with Crippen molar-refractivity contribution in [2.24, 2.45) is 0 Å². The molecular formula is C12H28N2. The van der Waals surface area contributed by atoms with Crippen molar-refractivity contribution < 1.29 is 0 Å². The Kier molecular flexibility index (Phi) is 8.20. The minimum absolute atomic E-state index is 0.657. The maximum atomic E-state index is 3.52. The van der Waals surface area contributed by atoms with Crippen LogP contribution in [0.2, 0.25) is 0 Å². The molecule has 0 aromatic heterocycles. The van der Waals surface area contributed by atoms with Crippen LogP contribution in [0.25, 0.3) is 0 Å². The van der Waals surface area contributed by atoms with Crippen LogP contribution in [0, 0.1) is 0 Å². The Hall–Kier alpha value is -0.0800. The predicted octanol–water partition coefficient (Wildman–Crippen LogP) is 2.49. The summed E-state index contributed by atoms with van der Waals surface area (Å²) in [7, 11) is 2.22. The van der Waals surface area contributed by atoms with Crippen LogP contribution in [0.3, 0.4) is 0 Å². The summed E-state index contributed by atoms with van der Waals surface area (Å²) in [5.74, 6) is 0. The van der Waals surface area contributed by atoms with Crippen LogP contribution in [0.1, 0.15) is 47.0 Å². The lowest BCUT2D eigenvalue weighted by molar-refractivity contribution is 0.242. The van der Waals surface area contributed by atoms with Gasteiger partial charge in [-0.2, -0.15) is 0 Å². The molecule has 2 unspecified atom stereocenters. The third-order valence-corrected chi connectivity index (χ3v) is 3.03. The monoisotopic (exact) mass is 200 g/mol. The van der Waals surface area contributed by atoms with Crippen molar-refractivity contribution in [3.63, 3.8) is 0 Å². The SMILES string of the molecule is CCCC(C)N(C)CCNC(C)CC. The first-order valence-corrected chi connectivity index (χ1v) is 6.05. The number of hydrogen-bond donors (Lipinski definition) is 1. The first-order chi connectivity index (χ1) is 6.61. The molecule has 0 amide bonds. The number of nitrogens with one attached hydrogen (secondary N) is 1. The van der Waals surface area contributed by atoms with Gasteiger partial charge in [-0.15, -0.1) is 0 Å². The zero-order valence-corrected chi connectivity index (χ0v) is 10.6. The highest BCUT2D eigenvalue weighted by atomic mass is 15.1. The minimum atomic E-state index is 0.657. The summed E-state index contributed by atoms with van der Waals surface area (Å²) in [6, 6.07) is 1.38. The van der Waals surface area contributed by atoms with Crippen molar-refractivity contribution in [3.8, 4) is 0 Å². The summed E-state index contributed by atoms with van der Waals surface area (Å²) in [5.41, 5.74) is 0. The molecule has 2 nitrogen and oxygen atoms in total. The summed E-state index contributed by atoms with van der Waals surface area (Å²) in [6.07, 6.45) is 3.80. The zero-order valence-electron chi connectivity index (χ0n) is 10.6. The van der Waals surface area contributed by atoms with E-state index in [0.29, 0.717) is 6.04 Å². The molecule has 2 atom stereocenters. The molecule has 0 aromatic rings. The van der Waals surface area contributed by atoms with E-state index in [1.807, 2.05) is 0 Å². The average Bonchev–Trinajstić information content (AvgIpc) is 2.17. The second-order valence-corrected chi connectivity index (χ2v) is 4.38. The molecule has 86 valence electrons. The largest absolute Gasteiger partial charge is 0.313 e. The van der Waals surface area contributed by atoms with Gasteiger partial charge in [0.2, 0.25) is 0 Å². The Morgan fingerprint density at radius 2 is 1.86 bits per heavy atom. The first kappa shape index (κ1) is 13.9. The van der Waals surface area contributed by atoms with Gasteiger partial charge in [0.25, 0.3) is 0 Å². The third-order valence-electron chi connectivity index (χ3n) is 3.03. The maximum Gasteiger partial charge on any atom is 0.0107 e. The van der Waals surface area contributed by atoms with Crippen molar-refractivity contribution in [1.82, 2.24) is 10.2 Å².